The molecule has 1 aromatic rings. The monoisotopic (exact) mass is 296 g/mol. The Bertz CT molecular complexity index is 341. The normalized spacial score (nSPS) is 10.0. The van der Waals surface area contributed by atoms with E-state index in [1.807, 2.05) is 6.20 Å². The zero-order valence-electron chi connectivity index (χ0n) is 14.0. The van der Waals surface area contributed by atoms with Gasteiger partial charge in [-0.1, -0.05) is 46.5 Å². The van der Waals surface area contributed by atoms with Crippen LogP contribution in [0.4, 0.5) is 0 Å². The summed E-state index contributed by atoms with van der Waals surface area (Å²) in [5, 5.41) is 9.92. The highest BCUT2D eigenvalue weighted by Crippen LogP contribution is 2.03. The van der Waals surface area contributed by atoms with Gasteiger partial charge in [-0.3, -0.25) is 0 Å². The highest BCUT2D eigenvalue weighted by Gasteiger charge is 2.06. The van der Waals surface area contributed by atoms with Gasteiger partial charge in [0.2, 0.25) is 0 Å². The van der Waals surface area contributed by atoms with Gasteiger partial charge in [0.05, 0.1) is 6.54 Å². The van der Waals surface area contributed by atoms with E-state index in [0.29, 0.717) is 0 Å². The number of rotatable bonds is 10. The second kappa shape index (κ2) is 13.7. The third-order valence-corrected chi connectivity index (χ3v) is 3.29. The molecule has 0 bridgehead atoms. The summed E-state index contributed by atoms with van der Waals surface area (Å²) in [4.78, 5) is 13.2. The number of carbonyl (C=O) groups is 1. The van der Waals surface area contributed by atoms with Crippen LogP contribution < -0.4 is 9.67 Å². The van der Waals surface area contributed by atoms with Crippen LogP contribution in [-0.4, -0.2) is 11.0 Å². The van der Waals surface area contributed by atoms with Crippen LogP contribution in [0.15, 0.2) is 12.4 Å². The molecule has 0 aliphatic heterocycles. The van der Waals surface area contributed by atoms with Gasteiger partial charge in [0.15, 0.2) is 0 Å². The average Bonchev–Trinajstić information content (AvgIpc) is 2.87. The van der Waals surface area contributed by atoms with Gasteiger partial charge in [-0.05, 0) is 25.7 Å². The summed E-state index contributed by atoms with van der Waals surface area (Å²) in [5.41, 5.74) is 0. The number of hydrogen-bond donors (Lipinski definition) is 1. The van der Waals surface area contributed by atoms with E-state index in [0.717, 1.165) is 32.2 Å². The van der Waals surface area contributed by atoms with Gasteiger partial charge in [-0.15, -0.1) is 0 Å². The number of hydrogen-bond acceptors (Lipinski definition) is 2. The summed E-state index contributed by atoms with van der Waals surface area (Å²) in [6.45, 7) is 7.68. The topological polar surface area (TPSA) is 59.8 Å². The average molecular weight is 296 g/mol. The molecule has 0 aliphatic rings. The Morgan fingerprint density at radius 2 is 1.81 bits per heavy atom. The number of imidazole rings is 1. The minimum absolute atomic E-state index is 0.226. The molecule has 122 valence electrons. The molecule has 4 nitrogen and oxygen atoms in total. The largest absolute Gasteiger partial charge is 0.550 e. The van der Waals surface area contributed by atoms with Crippen molar-refractivity contribution < 1.29 is 14.5 Å². The fraction of sp³-hybridized carbons (Fsp3) is 0.765. The molecule has 0 fully saturated rings. The molecule has 0 saturated carbocycles. The predicted octanol–water partition coefficient (Wildman–Crippen LogP) is 2.76. The maximum atomic E-state index is 9.92. The van der Waals surface area contributed by atoms with Crippen LogP contribution in [0.2, 0.25) is 0 Å². The van der Waals surface area contributed by atoms with Crippen molar-refractivity contribution in [2.45, 2.75) is 85.1 Å². The first-order valence-corrected chi connectivity index (χ1v) is 8.41. The van der Waals surface area contributed by atoms with Crippen molar-refractivity contribution in [1.29, 1.82) is 0 Å². The lowest BCUT2D eigenvalue weighted by molar-refractivity contribution is -0.702. The quantitative estimate of drug-likeness (QED) is 0.533. The van der Waals surface area contributed by atoms with Crippen molar-refractivity contribution in [3.05, 3.63) is 18.2 Å². The maximum absolute atomic E-state index is 9.92. The predicted molar refractivity (Wildman–Crippen MR) is 83.7 cm³/mol. The number of nitrogens with one attached hydrogen (secondary N) is 1. The summed E-state index contributed by atoms with van der Waals surface area (Å²) < 4.78 is 2.30. The molecule has 0 unspecified atom stereocenters. The van der Waals surface area contributed by atoms with E-state index in [9.17, 15) is 9.90 Å². The minimum atomic E-state index is -0.920. The lowest BCUT2D eigenvalue weighted by Gasteiger charge is -2.00. The zero-order chi connectivity index (χ0) is 15.9. The van der Waals surface area contributed by atoms with Crippen molar-refractivity contribution in [1.82, 2.24) is 4.98 Å². The summed E-state index contributed by atoms with van der Waals surface area (Å²) in [6.07, 6.45) is 13.3. The second-order valence-electron chi connectivity index (χ2n) is 5.39. The van der Waals surface area contributed by atoms with Gasteiger partial charge in [0.25, 0.3) is 5.82 Å². The van der Waals surface area contributed by atoms with Crippen molar-refractivity contribution >= 4 is 5.97 Å². The number of aromatic amines is 1. The number of aromatic nitrogens is 2. The van der Waals surface area contributed by atoms with Crippen LogP contribution in [0.5, 0.6) is 0 Å². The lowest BCUT2D eigenvalue weighted by atomic mass is 10.1. The fourth-order valence-electron chi connectivity index (χ4n) is 2.17. The molecule has 0 aromatic carbocycles. The molecule has 0 radical (unpaired) electrons. The number of nitrogens with zero attached hydrogens (tertiary/aromatic N) is 1. The molecule has 0 spiro atoms. The third kappa shape index (κ3) is 11.1. The molecule has 4 heteroatoms. The molecule has 0 amide bonds. The van der Waals surface area contributed by atoms with E-state index in [1.54, 1.807) is 0 Å². The van der Waals surface area contributed by atoms with Crippen molar-refractivity contribution in [3.8, 4) is 0 Å². The van der Waals surface area contributed by atoms with Crippen molar-refractivity contribution in [2.24, 2.45) is 0 Å². The zero-order valence-corrected chi connectivity index (χ0v) is 14.0. The van der Waals surface area contributed by atoms with E-state index < -0.39 is 5.97 Å². The number of carbonyl (C=O) groups excluding carboxylic acids is 1. The van der Waals surface area contributed by atoms with E-state index in [1.165, 1.54) is 31.5 Å². The van der Waals surface area contributed by atoms with Crippen LogP contribution in [0.25, 0.3) is 0 Å². The first-order chi connectivity index (χ1) is 10.2. The Labute approximate surface area is 129 Å². The van der Waals surface area contributed by atoms with E-state index >= 15 is 0 Å². The summed E-state index contributed by atoms with van der Waals surface area (Å²) >= 11 is 0. The summed E-state index contributed by atoms with van der Waals surface area (Å²) in [7, 11) is 0. The smallest absolute Gasteiger partial charge is 0.254 e. The molecule has 1 heterocycles. The van der Waals surface area contributed by atoms with E-state index in [4.69, 9.17) is 0 Å². The number of carboxylic acid groups (broad SMARTS) is 1. The Kier molecular flexibility index (Phi) is 12.8. The van der Waals surface area contributed by atoms with Gasteiger partial charge < -0.3 is 9.90 Å². The number of aliphatic carboxylic acids is 1. The molecule has 1 N–H and O–H groups in total. The standard InChI is InChI=1S/C9H16N2.C8H16O2/c1-3-5-9-10-6-8-11(9)7-4-2;1-2-3-4-5-6-7-8(9)10/h6,8H,3-5,7H2,1-2H3;2-7H2,1H3,(H,9,10). The van der Waals surface area contributed by atoms with E-state index in [2.05, 4.69) is 36.5 Å². The number of carboxylic acids is 1. The van der Waals surface area contributed by atoms with Gasteiger partial charge >= 0.3 is 0 Å². The molecule has 0 aliphatic carbocycles. The lowest BCUT2D eigenvalue weighted by Crippen LogP contribution is -2.35. The Morgan fingerprint density at radius 1 is 1.10 bits per heavy atom. The van der Waals surface area contributed by atoms with Crippen LogP contribution in [0.3, 0.4) is 0 Å². The Hall–Kier alpha value is -1.32. The summed E-state index contributed by atoms with van der Waals surface area (Å²) in [6, 6.07) is 0. The van der Waals surface area contributed by atoms with Gasteiger partial charge in [0.1, 0.15) is 12.4 Å². The fourth-order valence-corrected chi connectivity index (χ4v) is 2.17. The first-order valence-electron chi connectivity index (χ1n) is 8.41. The van der Waals surface area contributed by atoms with Gasteiger partial charge in [0, 0.05) is 12.4 Å². The maximum Gasteiger partial charge on any atom is 0.254 e. The highest BCUT2D eigenvalue weighted by atomic mass is 16.4. The van der Waals surface area contributed by atoms with Gasteiger partial charge in [-0.2, -0.15) is 0 Å². The highest BCUT2D eigenvalue weighted by molar-refractivity contribution is 5.63. The van der Waals surface area contributed by atoms with Crippen LogP contribution in [0.1, 0.15) is 78.0 Å². The van der Waals surface area contributed by atoms with Crippen LogP contribution >= 0.6 is 0 Å². The molecular formula is C17H32N2O2. The summed E-state index contributed by atoms with van der Waals surface area (Å²) in [5.74, 6) is 0.436. The molecule has 1 rings (SSSR count). The second-order valence-corrected chi connectivity index (χ2v) is 5.39. The third-order valence-electron chi connectivity index (χ3n) is 3.29. The van der Waals surface area contributed by atoms with Crippen LogP contribution in [-0.2, 0) is 17.8 Å². The first kappa shape index (κ1) is 19.7. The minimum Gasteiger partial charge on any atom is -0.550 e. The SMILES string of the molecule is CCCCCCCC(=O)[O-].CCCc1[nH]cc[n+]1CCC. The molecule has 1 aromatic heterocycles. The number of H-pyrrole nitrogens is 1. The van der Waals surface area contributed by atoms with E-state index in [-0.39, 0.29) is 6.42 Å². The Morgan fingerprint density at radius 3 is 2.38 bits per heavy atom. The molecule has 21 heavy (non-hydrogen) atoms. The number of aryl methyl sites for hydroxylation is 2. The van der Waals surface area contributed by atoms with Crippen molar-refractivity contribution in [3.63, 3.8) is 0 Å². The van der Waals surface area contributed by atoms with Crippen molar-refractivity contribution in [2.75, 3.05) is 0 Å². The number of unbranched alkanes of at least 4 members (excludes halogenated alkanes) is 4. The molecule has 0 saturated heterocycles. The molecule has 0 atom stereocenters. The Balaban J connectivity index is 0.000000384. The van der Waals surface area contributed by atoms with Gasteiger partial charge in [-0.25, -0.2) is 9.55 Å². The van der Waals surface area contributed by atoms with Crippen LogP contribution in [0, 0.1) is 0 Å². The molecular weight excluding hydrogens is 264 g/mol.